The first-order chi connectivity index (χ1) is 10.4. The average Bonchev–Trinajstić information content (AvgIpc) is 3.02. The van der Waals surface area contributed by atoms with Gasteiger partial charge in [0.2, 0.25) is 0 Å². The molecule has 0 atom stereocenters. The van der Waals surface area contributed by atoms with Crippen molar-refractivity contribution in [3.8, 4) is 0 Å². The topological polar surface area (TPSA) is 81.1 Å². The molecule has 118 valence electrons. The maximum Gasteiger partial charge on any atom is 0.269 e. The van der Waals surface area contributed by atoms with Crippen molar-refractivity contribution in [3.63, 3.8) is 0 Å². The summed E-state index contributed by atoms with van der Waals surface area (Å²) in [4.78, 5) is 13.1. The number of thiophene rings is 1. The quantitative estimate of drug-likeness (QED) is 0.903. The number of hydrogen-bond donors (Lipinski definition) is 1. The molecule has 6 nitrogen and oxygen atoms in total. The number of rotatable bonds is 5. The van der Waals surface area contributed by atoms with Crippen molar-refractivity contribution in [1.29, 1.82) is 0 Å². The molecule has 1 aliphatic rings. The lowest BCUT2D eigenvalue weighted by Gasteiger charge is -2.27. The van der Waals surface area contributed by atoms with Gasteiger partial charge in [-0.15, -0.1) is 11.3 Å². The molecule has 0 saturated heterocycles. The molecule has 0 spiro atoms. The zero-order valence-corrected chi connectivity index (χ0v) is 13.8. The van der Waals surface area contributed by atoms with Gasteiger partial charge >= 0.3 is 0 Å². The summed E-state index contributed by atoms with van der Waals surface area (Å²) in [6.45, 7) is 0.314. The fourth-order valence-electron chi connectivity index (χ4n) is 2.33. The van der Waals surface area contributed by atoms with Crippen molar-refractivity contribution >= 4 is 27.1 Å². The molecule has 0 aromatic carbocycles. The Labute approximate surface area is 133 Å². The minimum absolute atomic E-state index is 0.182. The van der Waals surface area contributed by atoms with E-state index in [9.17, 15) is 13.2 Å². The summed E-state index contributed by atoms with van der Waals surface area (Å²) in [6, 6.07) is 5.34. The van der Waals surface area contributed by atoms with Crippen molar-refractivity contribution in [2.45, 2.75) is 36.1 Å². The van der Waals surface area contributed by atoms with Crippen LogP contribution in [0.4, 0.5) is 0 Å². The number of amides is 1. The van der Waals surface area contributed by atoms with Crippen LogP contribution in [-0.2, 0) is 16.4 Å². The number of nitrogens with zero attached hydrogens (tertiary/aromatic N) is 2. The highest BCUT2D eigenvalue weighted by Gasteiger charge is 2.24. The molecule has 1 amide bonds. The van der Waals surface area contributed by atoms with E-state index in [1.54, 1.807) is 29.1 Å². The molecule has 1 N–H and O–H groups in total. The van der Waals surface area contributed by atoms with Crippen LogP contribution < -0.4 is 5.32 Å². The third-order valence-corrected chi connectivity index (χ3v) is 6.65. The van der Waals surface area contributed by atoms with Gasteiger partial charge in [-0.2, -0.15) is 5.10 Å². The zero-order chi connectivity index (χ0) is 15.7. The fraction of sp³-hybridized carbons (Fsp3) is 0.429. The second kappa shape index (κ2) is 5.85. The summed E-state index contributed by atoms with van der Waals surface area (Å²) in [5.41, 5.74) is 0.560. The van der Waals surface area contributed by atoms with Crippen LogP contribution in [0.3, 0.4) is 0 Å². The number of carbonyl (C=O) groups excluding carboxylic acids is 1. The van der Waals surface area contributed by atoms with Gasteiger partial charge < -0.3 is 5.32 Å². The average molecular weight is 339 g/mol. The van der Waals surface area contributed by atoms with Gasteiger partial charge in [0.1, 0.15) is 9.90 Å². The maximum atomic E-state index is 12.3. The lowest BCUT2D eigenvalue weighted by molar-refractivity contribution is 0.0933. The minimum Gasteiger partial charge on any atom is -0.346 e. The van der Waals surface area contributed by atoms with Gasteiger partial charge in [0.25, 0.3) is 5.91 Å². The van der Waals surface area contributed by atoms with Gasteiger partial charge in [-0.05, 0) is 37.5 Å². The highest BCUT2D eigenvalue weighted by Crippen LogP contribution is 2.31. The van der Waals surface area contributed by atoms with E-state index in [0.717, 1.165) is 17.7 Å². The first-order valence-electron chi connectivity index (χ1n) is 7.05. The summed E-state index contributed by atoms with van der Waals surface area (Å²) >= 11 is 1.18. The highest BCUT2D eigenvalue weighted by atomic mass is 32.2. The van der Waals surface area contributed by atoms with Gasteiger partial charge in [0.15, 0.2) is 9.84 Å². The van der Waals surface area contributed by atoms with Crippen LogP contribution in [0.2, 0.25) is 0 Å². The molecule has 0 aliphatic heterocycles. The summed E-state index contributed by atoms with van der Waals surface area (Å²) < 4.78 is 25.0. The van der Waals surface area contributed by atoms with Crippen LogP contribution in [-0.4, -0.2) is 30.4 Å². The molecular weight excluding hydrogens is 322 g/mol. The van der Waals surface area contributed by atoms with Crippen LogP contribution in [0.1, 0.15) is 40.7 Å². The molecule has 0 unspecified atom stereocenters. The predicted molar refractivity (Wildman–Crippen MR) is 83.7 cm³/mol. The molecule has 2 aromatic rings. The molecule has 2 heterocycles. The lowest BCUT2D eigenvalue weighted by atomic mass is 9.93. The predicted octanol–water partition coefficient (Wildman–Crippen LogP) is 2.00. The highest BCUT2D eigenvalue weighted by molar-refractivity contribution is 7.92. The molecule has 0 bridgehead atoms. The Hall–Kier alpha value is -1.67. The Balaban J connectivity index is 1.65. The standard InChI is InChI=1S/C14H17N3O3S2/c1-22(19,20)13-6-5-11(21-13)9-15-14(18)12-7-8-16-17(12)10-3-2-4-10/h5-8,10H,2-4,9H2,1H3,(H,15,18). The molecule has 1 aliphatic carbocycles. The number of aromatic nitrogens is 2. The Morgan fingerprint density at radius 3 is 2.77 bits per heavy atom. The Morgan fingerprint density at radius 1 is 1.41 bits per heavy atom. The summed E-state index contributed by atoms with van der Waals surface area (Å²) in [6.07, 6.45) is 6.11. The van der Waals surface area contributed by atoms with Crippen molar-refractivity contribution < 1.29 is 13.2 Å². The van der Waals surface area contributed by atoms with Gasteiger partial charge in [0, 0.05) is 17.3 Å². The van der Waals surface area contributed by atoms with E-state index in [-0.39, 0.29) is 5.91 Å². The van der Waals surface area contributed by atoms with Gasteiger partial charge in [-0.3, -0.25) is 9.48 Å². The first kappa shape index (κ1) is 15.2. The molecule has 8 heteroatoms. The van der Waals surface area contributed by atoms with Crippen molar-refractivity contribution in [1.82, 2.24) is 15.1 Å². The summed E-state index contributed by atoms with van der Waals surface area (Å²) in [5.74, 6) is -0.182. The van der Waals surface area contributed by atoms with Gasteiger partial charge in [0.05, 0.1) is 12.6 Å². The van der Waals surface area contributed by atoms with E-state index in [4.69, 9.17) is 0 Å². The molecule has 3 rings (SSSR count). The summed E-state index contributed by atoms with van der Waals surface area (Å²) in [5, 5.41) is 7.06. The molecule has 2 aromatic heterocycles. The molecular formula is C14H17N3O3S2. The third-order valence-electron chi connectivity index (χ3n) is 3.75. The van der Waals surface area contributed by atoms with E-state index in [2.05, 4.69) is 10.4 Å². The SMILES string of the molecule is CS(=O)(=O)c1ccc(CNC(=O)c2ccnn2C2CCC2)s1. The normalized spacial score (nSPS) is 15.5. The molecule has 22 heavy (non-hydrogen) atoms. The second-order valence-electron chi connectivity index (χ2n) is 5.42. The van der Waals surface area contributed by atoms with Crippen LogP contribution in [0.15, 0.2) is 28.6 Å². The number of nitrogens with one attached hydrogen (secondary N) is 1. The smallest absolute Gasteiger partial charge is 0.269 e. The minimum atomic E-state index is -3.19. The van der Waals surface area contributed by atoms with Gasteiger partial charge in [-0.1, -0.05) is 0 Å². The van der Waals surface area contributed by atoms with Crippen LogP contribution in [0.25, 0.3) is 0 Å². The van der Waals surface area contributed by atoms with E-state index >= 15 is 0 Å². The number of sulfone groups is 1. The monoisotopic (exact) mass is 339 g/mol. The largest absolute Gasteiger partial charge is 0.346 e. The maximum absolute atomic E-state index is 12.3. The molecule has 1 saturated carbocycles. The van der Waals surface area contributed by atoms with Crippen LogP contribution >= 0.6 is 11.3 Å². The van der Waals surface area contributed by atoms with Crippen molar-refractivity contribution in [2.75, 3.05) is 6.26 Å². The van der Waals surface area contributed by atoms with Crippen molar-refractivity contribution in [3.05, 3.63) is 35.0 Å². The second-order valence-corrected chi connectivity index (χ2v) is 8.83. The van der Waals surface area contributed by atoms with E-state index in [1.165, 1.54) is 24.0 Å². The lowest BCUT2D eigenvalue weighted by Crippen LogP contribution is -2.29. The molecule has 0 radical (unpaired) electrons. The Kier molecular flexibility index (Phi) is 4.05. The molecule has 1 fully saturated rings. The van der Waals surface area contributed by atoms with Crippen LogP contribution in [0, 0.1) is 0 Å². The first-order valence-corrected chi connectivity index (χ1v) is 9.76. The summed E-state index contributed by atoms with van der Waals surface area (Å²) in [7, 11) is -3.19. The Morgan fingerprint density at radius 2 is 2.18 bits per heavy atom. The fourth-order valence-corrected chi connectivity index (χ4v) is 4.24. The van der Waals surface area contributed by atoms with E-state index in [1.807, 2.05) is 0 Å². The third kappa shape index (κ3) is 3.07. The Bertz CT molecular complexity index is 788. The number of carbonyl (C=O) groups is 1. The van der Waals surface area contributed by atoms with E-state index in [0.29, 0.717) is 22.5 Å². The van der Waals surface area contributed by atoms with E-state index < -0.39 is 9.84 Å². The van der Waals surface area contributed by atoms with Crippen molar-refractivity contribution in [2.24, 2.45) is 0 Å². The van der Waals surface area contributed by atoms with Crippen LogP contribution in [0.5, 0.6) is 0 Å². The number of hydrogen-bond acceptors (Lipinski definition) is 5. The van der Waals surface area contributed by atoms with Gasteiger partial charge in [-0.25, -0.2) is 8.42 Å². The zero-order valence-electron chi connectivity index (χ0n) is 12.2.